The molecule has 31 heavy (non-hydrogen) atoms. The topological polar surface area (TPSA) is 51.2 Å². The summed E-state index contributed by atoms with van der Waals surface area (Å²) >= 11 is 18.6. The van der Waals surface area contributed by atoms with Crippen LogP contribution in [0.4, 0.5) is 5.69 Å². The second-order valence-electron chi connectivity index (χ2n) is 6.90. The lowest BCUT2D eigenvalue weighted by Crippen LogP contribution is -2.13. The Balaban J connectivity index is 1.68. The molecule has 1 N–H and O–H groups in total. The highest BCUT2D eigenvalue weighted by atomic mass is 35.5. The number of aryl methyl sites for hydroxylation is 1. The SMILES string of the molecule is Cc1cnc2c(NC(=O)c3c(Cl)cccc3Cl)cccc2c1OCc1ccccc1Cl. The first kappa shape index (κ1) is 21.4. The smallest absolute Gasteiger partial charge is 0.258 e. The molecule has 0 bridgehead atoms. The van der Waals surface area contributed by atoms with E-state index in [1.165, 1.54) is 0 Å². The number of carbonyl (C=O) groups is 1. The zero-order valence-corrected chi connectivity index (χ0v) is 18.7. The average molecular weight is 472 g/mol. The molecule has 4 aromatic rings. The van der Waals surface area contributed by atoms with Crippen LogP contribution in [-0.4, -0.2) is 10.9 Å². The highest BCUT2D eigenvalue weighted by Crippen LogP contribution is 2.34. The first-order valence-corrected chi connectivity index (χ1v) is 10.6. The number of ether oxygens (including phenoxy) is 1. The van der Waals surface area contributed by atoms with E-state index < -0.39 is 5.91 Å². The van der Waals surface area contributed by atoms with Gasteiger partial charge in [0.15, 0.2) is 0 Å². The van der Waals surface area contributed by atoms with Crippen LogP contribution in [0.5, 0.6) is 5.75 Å². The summed E-state index contributed by atoms with van der Waals surface area (Å²) in [5.74, 6) is 0.265. The minimum Gasteiger partial charge on any atom is -0.488 e. The van der Waals surface area contributed by atoms with Crippen LogP contribution in [0.25, 0.3) is 10.9 Å². The molecule has 0 radical (unpaired) electrons. The van der Waals surface area contributed by atoms with Gasteiger partial charge < -0.3 is 10.1 Å². The fourth-order valence-corrected chi connectivity index (χ4v) is 4.01. The normalized spacial score (nSPS) is 10.8. The fourth-order valence-electron chi connectivity index (χ4n) is 3.26. The van der Waals surface area contributed by atoms with E-state index in [-0.39, 0.29) is 15.6 Å². The number of nitrogens with one attached hydrogen (secondary N) is 1. The molecule has 3 aromatic carbocycles. The third-order valence-corrected chi connectivity index (χ3v) is 5.79. The Bertz CT molecular complexity index is 1270. The van der Waals surface area contributed by atoms with Gasteiger partial charge in [0, 0.05) is 27.7 Å². The van der Waals surface area contributed by atoms with Crippen LogP contribution < -0.4 is 10.1 Å². The van der Waals surface area contributed by atoms with Crippen molar-refractivity contribution < 1.29 is 9.53 Å². The number of fused-ring (bicyclic) bond motifs is 1. The summed E-state index contributed by atoms with van der Waals surface area (Å²) in [4.78, 5) is 17.4. The van der Waals surface area contributed by atoms with Crippen LogP contribution in [-0.2, 0) is 6.61 Å². The third-order valence-electron chi connectivity index (χ3n) is 4.79. The minimum atomic E-state index is -0.413. The number of para-hydroxylation sites is 1. The number of hydrogen-bond acceptors (Lipinski definition) is 3. The van der Waals surface area contributed by atoms with Gasteiger partial charge in [-0.25, -0.2) is 0 Å². The number of anilines is 1. The van der Waals surface area contributed by atoms with Crippen molar-refractivity contribution in [2.75, 3.05) is 5.32 Å². The van der Waals surface area contributed by atoms with Gasteiger partial charge >= 0.3 is 0 Å². The molecule has 0 unspecified atom stereocenters. The van der Waals surface area contributed by atoms with Gasteiger partial charge in [0.2, 0.25) is 0 Å². The van der Waals surface area contributed by atoms with Crippen molar-refractivity contribution in [3.8, 4) is 5.75 Å². The molecule has 4 nitrogen and oxygen atoms in total. The van der Waals surface area contributed by atoms with Crippen molar-refractivity contribution in [3.63, 3.8) is 0 Å². The van der Waals surface area contributed by atoms with Crippen molar-refractivity contribution in [1.29, 1.82) is 0 Å². The lowest BCUT2D eigenvalue weighted by molar-refractivity contribution is 0.102. The van der Waals surface area contributed by atoms with Crippen LogP contribution in [0, 0.1) is 6.92 Å². The van der Waals surface area contributed by atoms with Gasteiger partial charge in [-0.15, -0.1) is 0 Å². The van der Waals surface area contributed by atoms with Gasteiger partial charge in [0.1, 0.15) is 12.4 Å². The summed E-state index contributed by atoms with van der Waals surface area (Å²) < 4.78 is 6.12. The van der Waals surface area contributed by atoms with Crippen LogP contribution in [0.15, 0.2) is 66.9 Å². The lowest BCUT2D eigenvalue weighted by Gasteiger charge is -2.15. The van der Waals surface area contributed by atoms with E-state index in [9.17, 15) is 4.79 Å². The Kier molecular flexibility index (Phi) is 6.33. The summed E-state index contributed by atoms with van der Waals surface area (Å²) in [7, 11) is 0. The molecule has 1 aromatic heterocycles. The quantitative estimate of drug-likeness (QED) is 0.331. The largest absolute Gasteiger partial charge is 0.488 e. The van der Waals surface area contributed by atoms with Gasteiger partial charge in [0.25, 0.3) is 5.91 Å². The molecule has 156 valence electrons. The van der Waals surface area contributed by atoms with Gasteiger partial charge in [0.05, 0.1) is 26.8 Å². The van der Waals surface area contributed by atoms with E-state index in [4.69, 9.17) is 39.5 Å². The van der Waals surface area contributed by atoms with Crippen molar-refractivity contribution in [2.24, 2.45) is 0 Å². The second-order valence-corrected chi connectivity index (χ2v) is 8.12. The molecule has 0 saturated carbocycles. The number of aromatic nitrogens is 1. The maximum absolute atomic E-state index is 12.8. The number of halogens is 3. The standard InChI is InChI=1S/C24H17Cl3N2O2/c1-14-12-28-22-16(23(14)31-13-15-6-2-3-8-17(15)25)7-4-11-20(22)29-24(30)21-18(26)9-5-10-19(21)27/h2-12H,13H2,1H3,(H,29,30). The van der Waals surface area contributed by atoms with Crippen LogP contribution in [0.2, 0.25) is 15.1 Å². The molecule has 0 aliphatic heterocycles. The number of benzene rings is 3. The van der Waals surface area contributed by atoms with Crippen molar-refractivity contribution in [3.05, 3.63) is 98.6 Å². The van der Waals surface area contributed by atoms with Gasteiger partial charge in [-0.3, -0.25) is 9.78 Å². The molecular weight excluding hydrogens is 455 g/mol. The van der Waals surface area contributed by atoms with E-state index in [1.54, 1.807) is 30.5 Å². The van der Waals surface area contributed by atoms with Gasteiger partial charge in [-0.2, -0.15) is 0 Å². The van der Waals surface area contributed by atoms with E-state index in [0.717, 1.165) is 16.5 Å². The molecular formula is C24H17Cl3N2O2. The number of rotatable bonds is 5. The fraction of sp³-hybridized carbons (Fsp3) is 0.0833. The number of amides is 1. The molecule has 0 aliphatic rings. The zero-order valence-electron chi connectivity index (χ0n) is 16.5. The van der Waals surface area contributed by atoms with Gasteiger partial charge in [-0.1, -0.05) is 65.1 Å². The van der Waals surface area contributed by atoms with E-state index in [1.807, 2.05) is 43.3 Å². The van der Waals surface area contributed by atoms with Crippen LogP contribution in [0.3, 0.4) is 0 Å². The summed E-state index contributed by atoms with van der Waals surface area (Å²) in [6.45, 7) is 2.23. The zero-order chi connectivity index (χ0) is 22.0. The second kappa shape index (κ2) is 9.15. The lowest BCUT2D eigenvalue weighted by atomic mass is 10.1. The van der Waals surface area contributed by atoms with E-state index >= 15 is 0 Å². The summed E-state index contributed by atoms with van der Waals surface area (Å²) in [6.07, 6.45) is 1.71. The van der Waals surface area contributed by atoms with Gasteiger partial charge in [-0.05, 0) is 37.3 Å². The molecule has 1 amide bonds. The maximum atomic E-state index is 12.8. The Morgan fingerprint density at radius 3 is 2.35 bits per heavy atom. The van der Waals surface area contributed by atoms with E-state index in [2.05, 4.69) is 10.3 Å². The maximum Gasteiger partial charge on any atom is 0.258 e. The first-order valence-electron chi connectivity index (χ1n) is 9.45. The number of carbonyl (C=O) groups excluding carboxylic acids is 1. The highest BCUT2D eigenvalue weighted by molar-refractivity contribution is 6.40. The predicted octanol–water partition coefficient (Wildman–Crippen LogP) is 7.33. The number of pyridine rings is 1. The van der Waals surface area contributed by atoms with Crippen molar-refractivity contribution in [1.82, 2.24) is 4.98 Å². The molecule has 0 fully saturated rings. The molecule has 0 spiro atoms. The van der Waals surface area contributed by atoms with E-state index in [0.29, 0.717) is 28.6 Å². The highest BCUT2D eigenvalue weighted by Gasteiger charge is 2.17. The number of hydrogen-bond donors (Lipinski definition) is 1. The average Bonchev–Trinajstić information content (AvgIpc) is 2.74. The minimum absolute atomic E-state index is 0.213. The Morgan fingerprint density at radius 1 is 0.935 bits per heavy atom. The summed E-state index contributed by atoms with van der Waals surface area (Å²) in [5, 5.41) is 4.83. The Hall–Kier alpha value is -2.79. The van der Waals surface area contributed by atoms with Crippen molar-refractivity contribution >= 4 is 57.3 Å². The Labute approximate surface area is 194 Å². The number of nitrogens with zero attached hydrogens (tertiary/aromatic N) is 1. The van der Waals surface area contributed by atoms with Crippen LogP contribution >= 0.6 is 34.8 Å². The summed E-state index contributed by atoms with van der Waals surface area (Å²) in [5.41, 5.74) is 3.09. The van der Waals surface area contributed by atoms with Crippen molar-refractivity contribution in [2.45, 2.75) is 13.5 Å². The molecule has 0 atom stereocenters. The molecule has 0 saturated heterocycles. The molecule has 1 heterocycles. The monoisotopic (exact) mass is 470 g/mol. The molecule has 7 heteroatoms. The van der Waals surface area contributed by atoms with Crippen LogP contribution in [0.1, 0.15) is 21.5 Å². The first-order chi connectivity index (χ1) is 15.0. The summed E-state index contributed by atoms with van der Waals surface area (Å²) in [6, 6.07) is 17.9. The molecule has 4 rings (SSSR count). The third kappa shape index (κ3) is 4.47. The Morgan fingerprint density at radius 2 is 1.61 bits per heavy atom. The molecule has 0 aliphatic carbocycles. The predicted molar refractivity (Wildman–Crippen MR) is 127 cm³/mol.